The third kappa shape index (κ3) is 6.71. The Bertz CT molecular complexity index is 1030. The molecule has 178 valence electrons. The summed E-state index contributed by atoms with van der Waals surface area (Å²) in [6.07, 6.45) is 1.80. The number of Topliss-reactive ketones (excluding diaryl/α,β-unsaturated/α-hetero) is 2. The predicted octanol–water partition coefficient (Wildman–Crippen LogP) is 4.37. The maximum absolute atomic E-state index is 12.1. The lowest BCUT2D eigenvalue weighted by Crippen LogP contribution is -2.13. The number of phenolic OH excluding ortho intramolecular Hbond substituents is 1. The van der Waals surface area contributed by atoms with Gasteiger partial charge in [-0.1, -0.05) is 13.3 Å². The Hall–Kier alpha value is -3.55. The van der Waals surface area contributed by atoms with E-state index >= 15 is 0 Å². The molecule has 2 rings (SSSR count). The summed E-state index contributed by atoms with van der Waals surface area (Å²) in [4.78, 5) is 34.6. The second-order valence-electron chi connectivity index (χ2n) is 7.60. The van der Waals surface area contributed by atoms with E-state index in [0.717, 1.165) is 6.42 Å². The number of aromatic hydroxyl groups is 1. The number of rotatable bonds is 13. The van der Waals surface area contributed by atoms with Crippen molar-refractivity contribution >= 4 is 17.5 Å². The lowest BCUT2D eigenvalue weighted by atomic mass is 10.0. The molecule has 0 saturated heterocycles. The summed E-state index contributed by atoms with van der Waals surface area (Å²) in [5.41, 5.74) is 1.79. The first kappa shape index (κ1) is 25.7. The molecular weight excluding hydrogens is 428 g/mol. The van der Waals surface area contributed by atoms with Crippen molar-refractivity contribution in [3.63, 3.8) is 0 Å². The fraction of sp³-hybridized carbons (Fsp3) is 0.400. The Morgan fingerprint density at radius 2 is 1.48 bits per heavy atom. The van der Waals surface area contributed by atoms with Crippen LogP contribution in [-0.2, 0) is 11.2 Å². The summed E-state index contributed by atoms with van der Waals surface area (Å²) in [5, 5.41) is 19.1. The first-order valence-corrected chi connectivity index (χ1v) is 10.8. The van der Waals surface area contributed by atoms with Gasteiger partial charge in [0.25, 0.3) is 0 Å². The Kier molecular flexibility index (Phi) is 9.27. The molecule has 0 heterocycles. The van der Waals surface area contributed by atoms with Crippen LogP contribution in [0.4, 0.5) is 0 Å². The molecule has 2 aromatic carbocycles. The number of hydrogen-bond acceptors (Lipinski definition) is 7. The third-order valence-corrected chi connectivity index (χ3v) is 5.00. The van der Waals surface area contributed by atoms with Crippen LogP contribution in [0.2, 0.25) is 0 Å². The number of ether oxygens (including phenoxy) is 3. The number of hydrogen-bond donors (Lipinski definition) is 2. The molecular formula is C25H30O8. The van der Waals surface area contributed by atoms with Gasteiger partial charge >= 0.3 is 5.97 Å². The zero-order valence-electron chi connectivity index (χ0n) is 19.4. The van der Waals surface area contributed by atoms with Gasteiger partial charge in [-0.2, -0.15) is 0 Å². The number of aliphatic carboxylic acids is 1. The normalized spacial score (nSPS) is 10.5. The van der Waals surface area contributed by atoms with Crippen LogP contribution in [0, 0.1) is 6.92 Å². The SMILES string of the molecule is CCCc1c(OCC(=O)O)ccc(C(C)=O)c1OCCCOc1ccc(C(C)=O)c(O)c1C. The molecule has 8 nitrogen and oxygen atoms in total. The average molecular weight is 459 g/mol. The number of ketones is 2. The van der Waals surface area contributed by atoms with Crippen LogP contribution in [0.15, 0.2) is 24.3 Å². The maximum Gasteiger partial charge on any atom is 0.341 e. The number of carbonyl (C=O) groups excluding carboxylic acids is 2. The lowest BCUT2D eigenvalue weighted by molar-refractivity contribution is -0.139. The molecule has 33 heavy (non-hydrogen) atoms. The summed E-state index contributed by atoms with van der Waals surface area (Å²) in [5.74, 6) is -0.332. The molecule has 0 aliphatic heterocycles. The fourth-order valence-electron chi connectivity index (χ4n) is 3.35. The number of phenols is 1. The van der Waals surface area contributed by atoms with Crippen LogP contribution < -0.4 is 14.2 Å². The summed E-state index contributed by atoms with van der Waals surface area (Å²) in [6.45, 7) is 6.51. The Morgan fingerprint density at radius 3 is 2.09 bits per heavy atom. The minimum absolute atomic E-state index is 0.0928. The van der Waals surface area contributed by atoms with Gasteiger partial charge in [0.2, 0.25) is 0 Å². The summed E-state index contributed by atoms with van der Waals surface area (Å²) < 4.78 is 17.1. The molecule has 0 saturated carbocycles. The van der Waals surface area contributed by atoms with Crippen LogP contribution in [-0.4, -0.2) is 47.6 Å². The molecule has 0 aliphatic rings. The molecule has 0 fully saturated rings. The third-order valence-electron chi connectivity index (χ3n) is 5.00. The molecule has 8 heteroatoms. The van der Waals surface area contributed by atoms with Crippen molar-refractivity contribution in [3.05, 3.63) is 46.5 Å². The standard InChI is InChI=1S/C25H30O8/c1-5-7-20-22(33-14-23(28)29)11-9-19(17(4)27)25(20)32-13-6-12-31-21-10-8-18(16(3)26)24(30)15(21)2/h8-11,30H,5-7,12-14H2,1-4H3,(H,28,29). The number of carboxylic acids is 1. The quantitative estimate of drug-likeness (QED) is 0.335. The van der Waals surface area contributed by atoms with Crippen molar-refractivity contribution < 1.29 is 38.8 Å². The van der Waals surface area contributed by atoms with Crippen molar-refractivity contribution in [2.45, 2.75) is 47.0 Å². The zero-order chi connectivity index (χ0) is 24.5. The Labute approximate surface area is 193 Å². The topological polar surface area (TPSA) is 119 Å². The van der Waals surface area contributed by atoms with Crippen molar-refractivity contribution in [2.24, 2.45) is 0 Å². The van der Waals surface area contributed by atoms with E-state index in [-0.39, 0.29) is 36.1 Å². The van der Waals surface area contributed by atoms with Crippen molar-refractivity contribution in [1.29, 1.82) is 0 Å². The van der Waals surface area contributed by atoms with Gasteiger partial charge in [0.15, 0.2) is 18.2 Å². The molecule has 0 radical (unpaired) electrons. The van der Waals surface area contributed by atoms with E-state index in [0.29, 0.717) is 46.8 Å². The van der Waals surface area contributed by atoms with Crippen molar-refractivity contribution in [1.82, 2.24) is 0 Å². The van der Waals surface area contributed by atoms with Gasteiger partial charge in [0.1, 0.15) is 23.0 Å². The van der Waals surface area contributed by atoms with E-state index in [2.05, 4.69) is 0 Å². The summed E-state index contributed by atoms with van der Waals surface area (Å²) in [6, 6.07) is 6.34. The van der Waals surface area contributed by atoms with E-state index in [1.54, 1.807) is 25.1 Å². The van der Waals surface area contributed by atoms with Gasteiger partial charge in [0, 0.05) is 17.5 Å². The van der Waals surface area contributed by atoms with Crippen LogP contribution in [0.3, 0.4) is 0 Å². The van der Waals surface area contributed by atoms with Gasteiger partial charge < -0.3 is 24.4 Å². The van der Waals surface area contributed by atoms with E-state index in [1.165, 1.54) is 19.9 Å². The molecule has 2 aromatic rings. The number of benzene rings is 2. The maximum atomic E-state index is 12.1. The van der Waals surface area contributed by atoms with E-state index in [4.69, 9.17) is 19.3 Å². The van der Waals surface area contributed by atoms with Crippen LogP contribution >= 0.6 is 0 Å². The van der Waals surface area contributed by atoms with Gasteiger partial charge in [0.05, 0.1) is 24.3 Å². The molecule has 0 aliphatic carbocycles. The van der Waals surface area contributed by atoms with Crippen LogP contribution in [0.1, 0.15) is 65.5 Å². The first-order valence-electron chi connectivity index (χ1n) is 10.8. The summed E-state index contributed by atoms with van der Waals surface area (Å²) >= 11 is 0. The number of carbonyl (C=O) groups is 3. The van der Waals surface area contributed by atoms with Crippen molar-refractivity contribution in [3.8, 4) is 23.0 Å². The highest BCUT2D eigenvalue weighted by atomic mass is 16.5. The molecule has 0 aromatic heterocycles. The second kappa shape index (κ2) is 11.9. The highest BCUT2D eigenvalue weighted by Crippen LogP contribution is 2.35. The largest absolute Gasteiger partial charge is 0.507 e. The monoisotopic (exact) mass is 458 g/mol. The minimum Gasteiger partial charge on any atom is -0.507 e. The predicted molar refractivity (Wildman–Crippen MR) is 122 cm³/mol. The highest BCUT2D eigenvalue weighted by Gasteiger charge is 2.19. The first-order chi connectivity index (χ1) is 15.7. The Balaban J connectivity index is 2.10. The minimum atomic E-state index is -1.09. The van der Waals surface area contributed by atoms with Gasteiger partial charge in [-0.05, 0) is 51.5 Å². The lowest BCUT2D eigenvalue weighted by Gasteiger charge is -2.18. The molecule has 0 bridgehead atoms. The molecule has 0 amide bonds. The molecule has 0 spiro atoms. The average Bonchev–Trinajstić information content (AvgIpc) is 2.75. The number of carboxylic acid groups (broad SMARTS) is 1. The van der Waals surface area contributed by atoms with Gasteiger partial charge in [-0.3, -0.25) is 9.59 Å². The fourth-order valence-corrected chi connectivity index (χ4v) is 3.35. The highest BCUT2D eigenvalue weighted by molar-refractivity contribution is 5.98. The van der Waals surface area contributed by atoms with E-state index in [9.17, 15) is 19.5 Å². The van der Waals surface area contributed by atoms with Crippen LogP contribution in [0.5, 0.6) is 23.0 Å². The van der Waals surface area contributed by atoms with Crippen molar-refractivity contribution in [2.75, 3.05) is 19.8 Å². The second-order valence-corrected chi connectivity index (χ2v) is 7.60. The molecule has 0 atom stereocenters. The smallest absolute Gasteiger partial charge is 0.341 e. The molecule has 0 unspecified atom stereocenters. The molecule has 2 N–H and O–H groups in total. The van der Waals surface area contributed by atoms with E-state index < -0.39 is 12.6 Å². The van der Waals surface area contributed by atoms with Gasteiger partial charge in [-0.25, -0.2) is 4.79 Å². The van der Waals surface area contributed by atoms with E-state index in [1.807, 2.05) is 6.92 Å². The van der Waals surface area contributed by atoms with Gasteiger partial charge in [-0.15, -0.1) is 0 Å². The van der Waals surface area contributed by atoms with Crippen LogP contribution in [0.25, 0.3) is 0 Å². The Morgan fingerprint density at radius 1 is 0.879 bits per heavy atom. The summed E-state index contributed by atoms with van der Waals surface area (Å²) in [7, 11) is 0. The zero-order valence-corrected chi connectivity index (χ0v) is 19.4.